The Balaban J connectivity index is 1.78. The third kappa shape index (κ3) is 2.72. The number of urea groups is 1. The Hall–Kier alpha value is -3.20. The van der Waals surface area contributed by atoms with Crippen molar-refractivity contribution in [1.29, 1.82) is 5.26 Å². The number of pyridine rings is 1. The number of carbonyl (C=O) groups is 2. The van der Waals surface area contributed by atoms with Crippen molar-refractivity contribution < 1.29 is 9.59 Å². The number of nitriles is 1. The Kier molecular flexibility index (Phi) is 4.00. The van der Waals surface area contributed by atoms with Gasteiger partial charge in [-0.1, -0.05) is 12.1 Å². The number of hydrogen-bond donors (Lipinski definition) is 1. The number of aromatic nitrogens is 1. The lowest BCUT2D eigenvalue weighted by molar-refractivity contribution is -0.131. The highest BCUT2D eigenvalue weighted by Gasteiger charge is 2.48. The summed E-state index contributed by atoms with van der Waals surface area (Å²) in [6.07, 6.45) is 3.94. The van der Waals surface area contributed by atoms with Crippen LogP contribution in [0.5, 0.6) is 0 Å². The molecule has 0 aliphatic carbocycles. The average molecular weight is 320 g/mol. The molecule has 120 valence electrons. The number of nitrogens with zero attached hydrogens (tertiary/aromatic N) is 3. The first-order chi connectivity index (χ1) is 11.5. The molecular formula is C18H16N4O2. The van der Waals surface area contributed by atoms with Gasteiger partial charge in [0.05, 0.1) is 11.6 Å². The van der Waals surface area contributed by atoms with Gasteiger partial charge >= 0.3 is 6.03 Å². The maximum atomic E-state index is 12.8. The monoisotopic (exact) mass is 320 g/mol. The predicted molar refractivity (Wildman–Crippen MR) is 86.7 cm³/mol. The van der Waals surface area contributed by atoms with Crippen molar-refractivity contribution in [3.05, 3.63) is 65.5 Å². The van der Waals surface area contributed by atoms with Crippen molar-refractivity contribution >= 4 is 11.9 Å². The molecule has 6 heteroatoms. The van der Waals surface area contributed by atoms with E-state index in [0.29, 0.717) is 24.1 Å². The van der Waals surface area contributed by atoms with Crippen LogP contribution in [0.25, 0.3) is 0 Å². The number of hydrogen-bond acceptors (Lipinski definition) is 4. The summed E-state index contributed by atoms with van der Waals surface area (Å²) >= 11 is 0. The van der Waals surface area contributed by atoms with Crippen molar-refractivity contribution in [2.75, 3.05) is 6.54 Å². The molecule has 24 heavy (non-hydrogen) atoms. The van der Waals surface area contributed by atoms with Gasteiger partial charge in [0.15, 0.2) is 0 Å². The summed E-state index contributed by atoms with van der Waals surface area (Å²) in [7, 11) is 0. The van der Waals surface area contributed by atoms with Crippen LogP contribution >= 0.6 is 0 Å². The maximum absolute atomic E-state index is 12.8. The number of imide groups is 1. The molecule has 3 amide bonds. The van der Waals surface area contributed by atoms with E-state index in [1.165, 1.54) is 4.90 Å². The van der Waals surface area contributed by atoms with E-state index in [2.05, 4.69) is 10.3 Å². The van der Waals surface area contributed by atoms with Crippen LogP contribution in [0.3, 0.4) is 0 Å². The number of rotatable bonds is 4. The molecule has 1 fully saturated rings. The molecule has 1 saturated heterocycles. The second kappa shape index (κ2) is 6.13. The molecule has 1 aromatic heterocycles. The molecule has 0 unspecified atom stereocenters. The van der Waals surface area contributed by atoms with Crippen LogP contribution < -0.4 is 5.32 Å². The highest BCUT2D eigenvalue weighted by Crippen LogP contribution is 2.29. The van der Waals surface area contributed by atoms with Crippen molar-refractivity contribution in [3.8, 4) is 6.07 Å². The fourth-order valence-corrected chi connectivity index (χ4v) is 2.76. The van der Waals surface area contributed by atoms with Gasteiger partial charge in [0.2, 0.25) is 0 Å². The summed E-state index contributed by atoms with van der Waals surface area (Å²) in [5, 5.41) is 11.6. The van der Waals surface area contributed by atoms with Crippen LogP contribution in [-0.2, 0) is 16.8 Å². The summed E-state index contributed by atoms with van der Waals surface area (Å²) in [5.41, 5.74) is 1.07. The number of carbonyl (C=O) groups excluding carboxylic acids is 2. The zero-order valence-electron chi connectivity index (χ0n) is 13.2. The molecule has 3 rings (SSSR count). The van der Waals surface area contributed by atoms with Crippen molar-refractivity contribution in [1.82, 2.24) is 15.2 Å². The molecule has 0 radical (unpaired) electrons. The van der Waals surface area contributed by atoms with Crippen molar-refractivity contribution in [2.24, 2.45) is 0 Å². The smallest absolute Gasteiger partial charge is 0.319 e. The lowest BCUT2D eigenvalue weighted by atomic mass is 9.91. The normalized spacial score (nSPS) is 19.9. The topological polar surface area (TPSA) is 86.1 Å². The molecule has 1 aliphatic heterocycles. The van der Waals surface area contributed by atoms with Crippen LogP contribution in [0.4, 0.5) is 4.79 Å². The molecule has 0 bridgehead atoms. The van der Waals surface area contributed by atoms with Gasteiger partial charge in [-0.05, 0) is 48.7 Å². The molecular weight excluding hydrogens is 304 g/mol. The lowest BCUT2D eigenvalue weighted by Crippen LogP contribution is -2.41. The zero-order valence-corrected chi connectivity index (χ0v) is 13.2. The molecule has 1 aromatic carbocycles. The number of nitrogens with one attached hydrogen (secondary N) is 1. The SMILES string of the molecule is C[C@@]1(c2ccc(C#N)cc2)NC(=O)N(CCc2ccncc2)C1=O. The second-order valence-electron chi connectivity index (χ2n) is 5.81. The predicted octanol–water partition coefficient (Wildman–Crippen LogP) is 1.96. The summed E-state index contributed by atoms with van der Waals surface area (Å²) in [6, 6.07) is 12.0. The molecule has 0 saturated carbocycles. The van der Waals surface area contributed by atoms with Gasteiger partial charge in [-0.25, -0.2) is 4.79 Å². The number of benzene rings is 1. The minimum atomic E-state index is -1.11. The van der Waals surface area contributed by atoms with Gasteiger partial charge in [-0.2, -0.15) is 5.26 Å². The Bertz CT molecular complexity index is 811. The van der Waals surface area contributed by atoms with E-state index in [4.69, 9.17) is 5.26 Å². The summed E-state index contributed by atoms with van der Waals surface area (Å²) in [6.45, 7) is 1.99. The van der Waals surface area contributed by atoms with Crippen LogP contribution in [0.1, 0.15) is 23.6 Å². The Morgan fingerprint density at radius 2 is 1.83 bits per heavy atom. The van der Waals surface area contributed by atoms with Gasteiger partial charge in [-0.15, -0.1) is 0 Å². The quantitative estimate of drug-likeness (QED) is 0.873. The molecule has 1 atom stereocenters. The first kappa shape index (κ1) is 15.7. The lowest BCUT2D eigenvalue weighted by Gasteiger charge is -2.22. The molecule has 2 heterocycles. The molecule has 0 spiro atoms. The fourth-order valence-electron chi connectivity index (χ4n) is 2.76. The van der Waals surface area contributed by atoms with Crippen molar-refractivity contribution in [2.45, 2.75) is 18.9 Å². The van der Waals surface area contributed by atoms with E-state index >= 15 is 0 Å². The van der Waals surface area contributed by atoms with E-state index in [1.807, 2.05) is 18.2 Å². The van der Waals surface area contributed by atoms with E-state index in [-0.39, 0.29) is 5.91 Å². The minimum absolute atomic E-state index is 0.286. The van der Waals surface area contributed by atoms with E-state index in [9.17, 15) is 9.59 Å². The third-order valence-electron chi connectivity index (χ3n) is 4.24. The van der Waals surface area contributed by atoms with E-state index in [1.54, 1.807) is 43.6 Å². The average Bonchev–Trinajstić information content (AvgIpc) is 2.84. The van der Waals surface area contributed by atoms with Crippen molar-refractivity contribution in [3.63, 3.8) is 0 Å². The maximum Gasteiger partial charge on any atom is 0.325 e. The standard InChI is InChI=1S/C18H16N4O2/c1-18(15-4-2-14(12-19)3-5-15)16(23)22(17(24)21-18)11-8-13-6-9-20-10-7-13/h2-7,9-10H,8,11H2,1H3,(H,21,24)/t18-/m0/s1. The molecule has 1 N–H and O–H groups in total. The molecule has 2 aromatic rings. The van der Waals surface area contributed by atoms with Gasteiger partial charge < -0.3 is 5.32 Å². The first-order valence-electron chi connectivity index (χ1n) is 7.58. The Labute approximate surface area is 139 Å². The largest absolute Gasteiger partial charge is 0.325 e. The summed E-state index contributed by atoms with van der Waals surface area (Å²) < 4.78 is 0. The molecule has 6 nitrogen and oxygen atoms in total. The van der Waals surface area contributed by atoms with Gasteiger partial charge in [-0.3, -0.25) is 14.7 Å². The van der Waals surface area contributed by atoms with Gasteiger partial charge in [0, 0.05) is 18.9 Å². The van der Waals surface area contributed by atoms with E-state index in [0.717, 1.165) is 5.56 Å². The van der Waals surface area contributed by atoms with Crippen LogP contribution in [0.15, 0.2) is 48.8 Å². The highest BCUT2D eigenvalue weighted by molar-refractivity contribution is 6.07. The van der Waals surface area contributed by atoms with Crippen LogP contribution in [0.2, 0.25) is 0 Å². The number of amides is 3. The fraction of sp³-hybridized carbons (Fsp3) is 0.222. The third-order valence-corrected chi connectivity index (χ3v) is 4.24. The summed E-state index contributed by atoms with van der Waals surface area (Å²) in [4.78, 5) is 30.2. The van der Waals surface area contributed by atoms with Gasteiger partial charge in [0.1, 0.15) is 5.54 Å². The van der Waals surface area contributed by atoms with Gasteiger partial charge in [0.25, 0.3) is 5.91 Å². The van der Waals surface area contributed by atoms with Crippen LogP contribution in [0, 0.1) is 11.3 Å². The second-order valence-corrected chi connectivity index (χ2v) is 5.81. The first-order valence-corrected chi connectivity index (χ1v) is 7.58. The Morgan fingerprint density at radius 3 is 2.46 bits per heavy atom. The highest BCUT2D eigenvalue weighted by atomic mass is 16.2. The minimum Gasteiger partial charge on any atom is -0.319 e. The molecule has 1 aliphatic rings. The zero-order chi connectivity index (χ0) is 17.2. The van der Waals surface area contributed by atoms with E-state index < -0.39 is 11.6 Å². The summed E-state index contributed by atoms with van der Waals surface area (Å²) in [5.74, 6) is -0.286. The van der Waals surface area contributed by atoms with Crippen LogP contribution in [-0.4, -0.2) is 28.4 Å². The Morgan fingerprint density at radius 1 is 1.17 bits per heavy atom.